The van der Waals surface area contributed by atoms with Crippen LogP contribution in [0.5, 0.6) is 0 Å². The number of aromatic carboxylic acids is 1. The Morgan fingerprint density at radius 3 is 2.61 bits per heavy atom. The Balaban J connectivity index is 2.34. The summed E-state index contributed by atoms with van der Waals surface area (Å²) in [4.78, 5) is 15.1. The molecule has 0 amide bonds. The van der Waals surface area contributed by atoms with Crippen molar-refractivity contribution in [1.29, 1.82) is 0 Å². The average molecular weight is 328 g/mol. The van der Waals surface area contributed by atoms with Crippen molar-refractivity contribution in [2.45, 2.75) is 0 Å². The molecular weight excluding hydrogens is 320 g/mol. The number of rotatable bonds is 3. The maximum Gasteiger partial charge on any atom is 0.339 e. The van der Waals surface area contributed by atoms with Crippen LogP contribution in [-0.2, 0) is 0 Å². The Hall–Kier alpha value is -1.59. The molecule has 1 aromatic carbocycles. The van der Waals surface area contributed by atoms with Crippen molar-refractivity contribution in [3.05, 3.63) is 51.6 Å². The number of carboxylic acid groups (broad SMARTS) is 1. The van der Waals surface area contributed by atoms with Gasteiger partial charge in [0.2, 0.25) is 0 Å². The SMILES string of the molecule is O=C(O)c1cc(Br)cnc1Nc1ccc(Cl)cc1. The summed E-state index contributed by atoms with van der Waals surface area (Å²) in [6.45, 7) is 0. The number of pyridine rings is 1. The standard InChI is InChI=1S/C12H8BrClN2O2/c13-7-5-10(12(17)18)11(15-6-7)16-9-3-1-8(14)2-4-9/h1-6H,(H,15,16)(H,17,18). The molecule has 2 aromatic rings. The Labute approximate surface area is 117 Å². The highest BCUT2D eigenvalue weighted by molar-refractivity contribution is 9.10. The predicted octanol–water partition coefficient (Wildman–Crippen LogP) is 3.94. The summed E-state index contributed by atoms with van der Waals surface area (Å²) >= 11 is 8.96. The van der Waals surface area contributed by atoms with Crippen LogP contribution < -0.4 is 5.32 Å². The second kappa shape index (κ2) is 5.37. The smallest absolute Gasteiger partial charge is 0.339 e. The zero-order chi connectivity index (χ0) is 13.1. The Morgan fingerprint density at radius 1 is 1.33 bits per heavy atom. The van der Waals surface area contributed by atoms with E-state index in [2.05, 4.69) is 26.2 Å². The fourth-order valence-electron chi connectivity index (χ4n) is 1.37. The van der Waals surface area contributed by atoms with E-state index >= 15 is 0 Å². The molecule has 0 atom stereocenters. The average Bonchev–Trinajstić information content (AvgIpc) is 2.34. The molecule has 0 aliphatic carbocycles. The lowest BCUT2D eigenvalue weighted by molar-refractivity contribution is 0.0697. The highest BCUT2D eigenvalue weighted by Crippen LogP contribution is 2.22. The molecule has 0 saturated carbocycles. The lowest BCUT2D eigenvalue weighted by Crippen LogP contribution is -2.04. The molecule has 92 valence electrons. The third kappa shape index (κ3) is 3.00. The number of hydrogen-bond donors (Lipinski definition) is 2. The number of benzene rings is 1. The van der Waals surface area contributed by atoms with Crippen LogP contribution in [0.25, 0.3) is 0 Å². The zero-order valence-electron chi connectivity index (χ0n) is 9.02. The molecule has 2 rings (SSSR count). The number of nitrogens with zero attached hydrogens (tertiary/aromatic N) is 1. The Kier molecular flexibility index (Phi) is 3.84. The van der Waals surface area contributed by atoms with Gasteiger partial charge in [-0.15, -0.1) is 0 Å². The lowest BCUT2D eigenvalue weighted by atomic mass is 10.2. The van der Waals surface area contributed by atoms with Crippen molar-refractivity contribution in [3.63, 3.8) is 0 Å². The number of halogens is 2. The van der Waals surface area contributed by atoms with Gasteiger partial charge in [-0.05, 0) is 46.3 Å². The Morgan fingerprint density at radius 2 is 2.00 bits per heavy atom. The van der Waals surface area contributed by atoms with E-state index in [4.69, 9.17) is 16.7 Å². The molecule has 0 radical (unpaired) electrons. The number of anilines is 2. The molecule has 0 aliphatic rings. The van der Waals surface area contributed by atoms with E-state index in [9.17, 15) is 4.79 Å². The van der Waals surface area contributed by atoms with Gasteiger partial charge in [-0.2, -0.15) is 0 Å². The Bertz CT molecular complexity index is 587. The van der Waals surface area contributed by atoms with E-state index in [1.165, 1.54) is 12.3 Å². The minimum Gasteiger partial charge on any atom is -0.478 e. The number of hydrogen-bond acceptors (Lipinski definition) is 3. The van der Waals surface area contributed by atoms with E-state index < -0.39 is 5.97 Å². The number of carbonyl (C=O) groups is 1. The van der Waals surface area contributed by atoms with Gasteiger partial charge in [-0.3, -0.25) is 0 Å². The van der Waals surface area contributed by atoms with E-state index in [1.807, 2.05) is 0 Å². The van der Waals surface area contributed by atoms with Gasteiger partial charge in [0.15, 0.2) is 0 Å². The van der Waals surface area contributed by atoms with E-state index in [-0.39, 0.29) is 11.4 Å². The van der Waals surface area contributed by atoms with Crippen LogP contribution in [0, 0.1) is 0 Å². The molecule has 0 saturated heterocycles. The predicted molar refractivity (Wildman–Crippen MR) is 73.6 cm³/mol. The lowest BCUT2D eigenvalue weighted by Gasteiger charge is -2.08. The largest absolute Gasteiger partial charge is 0.478 e. The van der Waals surface area contributed by atoms with Gasteiger partial charge in [0.05, 0.1) is 0 Å². The first kappa shape index (κ1) is 12.9. The minimum absolute atomic E-state index is 0.0966. The van der Waals surface area contributed by atoms with Crippen molar-refractivity contribution >= 4 is 45.0 Å². The summed E-state index contributed by atoms with van der Waals surface area (Å²) in [6.07, 6.45) is 1.53. The van der Waals surface area contributed by atoms with Gasteiger partial charge in [0, 0.05) is 21.4 Å². The van der Waals surface area contributed by atoms with Gasteiger partial charge in [-0.25, -0.2) is 9.78 Å². The van der Waals surface area contributed by atoms with Gasteiger partial charge < -0.3 is 10.4 Å². The second-order valence-electron chi connectivity index (χ2n) is 3.49. The molecule has 0 fully saturated rings. The third-order valence-corrected chi connectivity index (χ3v) is 2.88. The van der Waals surface area contributed by atoms with E-state index in [0.717, 1.165) is 5.69 Å². The first-order valence-corrected chi connectivity index (χ1v) is 6.15. The van der Waals surface area contributed by atoms with Crippen LogP contribution >= 0.6 is 27.5 Å². The quantitative estimate of drug-likeness (QED) is 0.896. The van der Waals surface area contributed by atoms with Gasteiger partial charge >= 0.3 is 5.97 Å². The summed E-state index contributed by atoms with van der Waals surface area (Å²) in [5.41, 5.74) is 0.816. The van der Waals surface area contributed by atoms with Crippen LogP contribution in [-0.4, -0.2) is 16.1 Å². The molecular formula is C12H8BrClN2O2. The summed E-state index contributed by atoms with van der Waals surface area (Å²) in [5.74, 6) is -0.756. The van der Waals surface area contributed by atoms with Crippen molar-refractivity contribution in [1.82, 2.24) is 4.98 Å². The second-order valence-corrected chi connectivity index (χ2v) is 4.84. The van der Waals surface area contributed by atoms with Crippen LogP contribution in [0.3, 0.4) is 0 Å². The molecule has 0 unspecified atom stereocenters. The molecule has 1 aromatic heterocycles. The van der Waals surface area contributed by atoms with Crippen molar-refractivity contribution in [2.75, 3.05) is 5.32 Å². The maximum atomic E-state index is 11.1. The highest BCUT2D eigenvalue weighted by Gasteiger charge is 2.12. The van der Waals surface area contributed by atoms with Crippen LogP contribution in [0.4, 0.5) is 11.5 Å². The summed E-state index contributed by atoms with van der Waals surface area (Å²) in [7, 11) is 0. The van der Waals surface area contributed by atoms with Crippen molar-refractivity contribution in [3.8, 4) is 0 Å². The molecule has 4 nitrogen and oxygen atoms in total. The molecule has 0 aliphatic heterocycles. The molecule has 18 heavy (non-hydrogen) atoms. The molecule has 1 heterocycles. The monoisotopic (exact) mass is 326 g/mol. The highest BCUT2D eigenvalue weighted by atomic mass is 79.9. The van der Waals surface area contributed by atoms with Gasteiger partial charge in [-0.1, -0.05) is 11.6 Å². The van der Waals surface area contributed by atoms with Gasteiger partial charge in [0.25, 0.3) is 0 Å². The fourth-order valence-corrected chi connectivity index (χ4v) is 1.83. The number of aromatic nitrogens is 1. The first-order chi connectivity index (χ1) is 8.56. The topological polar surface area (TPSA) is 62.2 Å². The first-order valence-electron chi connectivity index (χ1n) is 4.97. The van der Waals surface area contributed by atoms with E-state index in [1.54, 1.807) is 24.3 Å². The van der Waals surface area contributed by atoms with Crippen molar-refractivity contribution < 1.29 is 9.90 Å². The van der Waals surface area contributed by atoms with Crippen LogP contribution in [0.1, 0.15) is 10.4 Å². The minimum atomic E-state index is -1.04. The molecule has 6 heteroatoms. The van der Waals surface area contributed by atoms with Gasteiger partial charge in [0.1, 0.15) is 11.4 Å². The van der Waals surface area contributed by atoms with Crippen LogP contribution in [0.2, 0.25) is 5.02 Å². The normalized spacial score (nSPS) is 10.1. The summed E-state index contributed by atoms with van der Waals surface area (Å²) in [6, 6.07) is 8.41. The summed E-state index contributed by atoms with van der Waals surface area (Å²) < 4.78 is 0.613. The molecule has 0 spiro atoms. The zero-order valence-corrected chi connectivity index (χ0v) is 11.4. The third-order valence-electron chi connectivity index (χ3n) is 2.19. The molecule has 0 bridgehead atoms. The number of nitrogens with one attached hydrogen (secondary N) is 1. The maximum absolute atomic E-state index is 11.1. The number of carboxylic acids is 1. The van der Waals surface area contributed by atoms with E-state index in [0.29, 0.717) is 9.50 Å². The summed E-state index contributed by atoms with van der Waals surface area (Å²) in [5, 5.41) is 12.6. The van der Waals surface area contributed by atoms with Crippen molar-refractivity contribution in [2.24, 2.45) is 0 Å². The fraction of sp³-hybridized carbons (Fsp3) is 0. The van der Waals surface area contributed by atoms with Crippen LogP contribution in [0.15, 0.2) is 41.0 Å². The molecule has 2 N–H and O–H groups in total.